The summed E-state index contributed by atoms with van der Waals surface area (Å²) < 4.78 is 21.9. The van der Waals surface area contributed by atoms with Gasteiger partial charge in [0.2, 0.25) is 0 Å². The van der Waals surface area contributed by atoms with Crippen molar-refractivity contribution in [1.82, 2.24) is 0 Å². The normalized spacial score (nSPS) is 35.8. The van der Waals surface area contributed by atoms with Crippen molar-refractivity contribution >= 4 is 12.3 Å². The first kappa shape index (κ1) is 30.9. The largest absolute Gasteiger partial charge is 0.508 e. The Hall–Kier alpha value is -2.02. The fourth-order valence-electron chi connectivity index (χ4n) is 8.85. The number of hydrogen-bond donors (Lipinski definition) is 1. The highest BCUT2D eigenvalue weighted by Gasteiger charge is 2.60. The van der Waals surface area contributed by atoms with Crippen LogP contribution in [-0.4, -0.2) is 48.4 Å². The zero-order valence-electron chi connectivity index (χ0n) is 25.8. The fourth-order valence-corrected chi connectivity index (χ4v) is 8.85. The molecule has 0 aliphatic heterocycles. The number of carbonyl (C=O) groups excluding carboxylic acids is 2. The van der Waals surface area contributed by atoms with Gasteiger partial charge in [0.05, 0.1) is 18.8 Å². The SMILES string of the molecule is CCOC(=O)O[C@@H]1CC2=CC=C3[C@@H]4CC[C@H]([C@H](C)CCCC(C)(C)O)[C@@]4(C)CC[C@@H]3[C@@]2(C)[C@@H](OC(=O)OCC)C1. The van der Waals surface area contributed by atoms with Crippen molar-refractivity contribution in [2.75, 3.05) is 13.2 Å². The highest BCUT2D eigenvalue weighted by molar-refractivity contribution is 5.61. The molecule has 4 aliphatic carbocycles. The Bertz CT molecular complexity index is 993. The summed E-state index contributed by atoms with van der Waals surface area (Å²) in [4.78, 5) is 24.7. The molecule has 7 nitrogen and oxygen atoms in total. The molecule has 226 valence electrons. The average Bonchev–Trinajstić information content (AvgIpc) is 3.21. The highest BCUT2D eigenvalue weighted by atomic mass is 16.7. The molecule has 0 aromatic carbocycles. The van der Waals surface area contributed by atoms with Crippen LogP contribution in [0.1, 0.15) is 106 Å². The van der Waals surface area contributed by atoms with Crippen LogP contribution in [0.4, 0.5) is 9.59 Å². The molecular formula is C33H52O7. The van der Waals surface area contributed by atoms with Gasteiger partial charge in [0, 0.05) is 18.3 Å². The minimum absolute atomic E-state index is 0.248. The molecule has 0 heterocycles. The molecule has 1 N–H and O–H groups in total. The van der Waals surface area contributed by atoms with Gasteiger partial charge in [-0.1, -0.05) is 56.9 Å². The standard InChI is InChI=1S/C33H52O7/c1-8-37-29(34)39-23-19-22-12-13-24-26-15-14-25(21(3)11-10-17-31(4,5)36)32(26,6)18-16-27(24)33(22,7)28(20-23)40-30(35)38-9-2/h12-13,21,23,25-28,36H,8-11,14-20H2,1-7H3/t21-,23-,25-,26+,27+,28+,32-,33+/m1/s1. The van der Waals surface area contributed by atoms with Crippen LogP contribution in [0.5, 0.6) is 0 Å². The van der Waals surface area contributed by atoms with Crippen LogP contribution in [0.2, 0.25) is 0 Å². The van der Waals surface area contributed by atoms with E-state index in [-0.39, 0.29) is 30.0 Å². The number of fused-ring (bicyclic) bond motifs is 5. The molecule has 0 saturated heterocycles. The Labute approximate surface area is 241 Å². The quantitative estimate of drug-likeness (QED) is 0.288. The molecule has 3 saturated carbocycles. The molecule has 0 radical (unpaired) electrons. The van der Waals surface area contributed by atoms with Crippen LogP contribution in [0.3, 0.4) is 0 Å². The van der Waals surface area contributed by atoms with Crippen LogP contribution in [0.25, 0.3) is 0 Å². The maximum absolute atomic E-state index is 12.6. The van der Waals surface area contributed by atoms with Gasteiger partial charge < -0.3 is 24.1 Å². The molecule has 0 bridgehead atoms. The van der Waals surface area contributed by atoms with Crippen LogP contribution >= 0.6 is 0 Å². The maximum atomic E-state index is 12.6. The first-order chi connectivity index (χ1) is 18.8. The molecule has 0 aromatic rings. The molecule has 0 amide bonds. The molecule has 0 spiro atoms. The molecule has 8 atom stereocenters. The van der Waals surface area contributed by atoms with Gasteiger partial charge in [-0.2, -0.15) is 0 Å². The summed E-state index contributed by atoms with van der Waals surface area (Å²) in [7, 11) is 0. The van der Waals surface area contributed by atoms with Crippen LogP contribution < -0.4 is 0 Å². The third-order valence-corrected chi connectivity index (χ3v) is 10.8. The van der Waals surface area contributed by atoms with E-state index in [1.807, 2.05) is 13.8 Å². The number of carbonyl (C=O) groups is 2. The van der Waals surface area contributed by atoms with E-state index in [0.717, 1.165) is 32.1 Å². The first-order valence-electron chi connectivity index (χ1n) is 15.6. The number of rotatable bonds is 9. The molecular weight excluding hydrogens is 508 g/mol. The first-order valence-corrected chi connectivity index (χ1v) is 15.6. The fraction of sp³-hybridized carbons (Fsp3) is 0.818. The third-order valence-electron chi connectivity index (χ3n) is 10.8. The van der Waals surface area contributed by atoms with E-state index in [4.69, 9.17) is 18.9 Å². The third kappa shape index (κ3) is 6.10. The molecule has 4 rings (SSSR count). The van der Waals surface area contributed by atoms with E-state index in [2.05, 4.69) is 32.9 Å². The van der Waals surface area contributed by atoms with Gasteiger partial charge in [-0.3, -0.25) is 0 Å². The topological polar surface area (TPSA) is 91.3 Å². The van der Waals surface area contributed by atoms with Gasteiger partial charge in [0.25, 0.3) is 0 Å². The molecule has 4 aliphatic rings. The molecule has 0 aromatic heterocycles. The minimum atomic E-state index is -0.680. The zero-order chi connectivity index (χ0) is 29.3. The predicted octanol–water partition coefficient (Wildman–Crippen LogP) is 7.76. The van der Waals surface area contributed by atoms with Crippen molar-refractivity contribution in [3.8, 4) is 0 Å². The Morgan fingerprint density at radius 1 is 1.02 bits per heavy atom. The Morgan fingerprint density at radius 2 is 1.70 bits per heavy atom. The Morgan fingerprint density at radius 3 is 2.35 bits per heavy atom. The molecule has 0 unspecified atom stereocenters. The molecule has 7 heteroatoms. The number of aliphatic hydroxyl groups is 1. The van der Waals surface area contributed by atoms with Gasteiger partial charge in [-0.05, 0) is 88.9 Å². The van der Waals surface area contributed by atoms with Gasteiger partial charge in [0.1, 0.15) is 12.2 Å². The lowest BCUT2D eigenvalue weighted by atomic mass is 9.49. The maximum Gasteiger partial charge on any atom is 0.508 e. The lowest BCUT2D eigenvalue weighted by molar-refractivity contribution is -0.0863. The summed E-state index contributed by atoms with van der Waals surface area (Å²) in [6.45, 7) is 15.0. The summed E-state index contributed by atoms with van der Waals surface area (Å²) >= 11 is 0. The summed E-state index contributed by atoms with van der Waals surface area (Å²) in [6, 6.07) is 0. The summed E-state index contributed by atoms with van der Waals surface area (Å²) in [5.41, 5.74) is 1.96. The summed E-state index contributed by atoms with van der Waals surface area (Å²) in [6.07, 6.45) is 11.1. The summed E-state index contributed by atoms with van der Waals surface area (Å²) in [5, 5.41) is 10.2. The van der Waals surface area contributed by atoms with Crippen molar-refractivity contribution in [1.29, 1.82) is 0 Å². The second-order valence-electron chi connectivity index (χ2n) is 13.8. The number of ether oxygens (including phenoxy) is 4. The Balaban J connectivity index is 1.57. The monoisotopic (exact) mass is 560 g/mol. The Kier molecular flexibility index (Phi) is 9.33. The average molecular weight is 561 g/mol. The van der Waals surface area contributed by atoms with Gasteiger partial charge in [-0.25, -0.2) is 9.59 Å². The lowest BCUT2D eigenvalue weighted by Crippen LogP contribution is -2.54. The van der Waals surface area contributed by atoms with Crippen LogP contribution in [0, 0.1) is 34.5 Å². The minimum Gasteiger partial charge on any atom is -0.435 e. The van der Waals surface area contributed by atoms with E-state index in [9.17, 15) is 14.7 Å². The van der Waals surface area contributed by atoms with E-state index in [0.29, 0.717) is 30.6 Å². The van der Waals surface area contributed by atoms with E-state index in [1.165, 1.54) is 24.0 Å². The van der Waals surface area contributed by atoms with E-state index >= 15 is 0 Å². The van der Waals surface area contributed by atoms with E-state index < -0.39 is 30.1 Å². The van der Waals surface area contributed by atoms with Crippen LogP contribution in [-0.2, 0) is 18.9 Å². The lowest BCUT2D eigenvalue weighted by Gasteiger charge is -2.57. The molecule has 3 fully saturated rings. The number of allylic oxidation sites excluding steroid dienone is 3. The van der Waals surface area contributed by atoms with Gasteiger partial charge >= 0.3 is 12.3 Å². The number of hydrogen-bond acceptors (Lipinski definition) is 7. The van der Waals surface area contributed by atoms with E-state index in [1.54, 1.807) is 13.8 Å². The van der Waals surface area contributed by atoms with Crippen molar-refractivity contribution in [2.24, 2.45) is 34.5 Å². The van der Waals surface area contributed by atoms with Gasteiger partial charge in [0.15, 0.2) is 0 Å². The smallest absolute Gasteiger partial charge is 0.435 e. The zero-order valence-corrected chi connectivity index (χ0v) is 25.8. The van der Waals surface area contributed by atoms with Crippen molar-refractivity contribution in [2.45, 2.75) is 124 Å². The highest BCUT2D eigenvalue weighted by Crippen LogP contribution is 2.66. The molecule has 40 heavy (non-hydrogen) atoms. The van der Waals surface area contributed by atoms with Crippen molar-refractivity contribution < 1.29 is 33.6 Å². The second-order valence-corrected chi connectivity index (χ2v) is 13.8. The summed E-state index contributed by atoms with van der Waals surface area (Å²) in [5.74, 6) is 2.08. The second kappa shape index (κ2) is 12.1. The van der Waals surface area contributed by atoms with Crippen LogP contribution in [0.15, 0.2) is 23.3 Å². The van der Waals surface area contributed by atoms with Crippen molar-refractivity contribution in [3.63, 3.8) is 0 Å². The predicted molar refractivity (Wildman–Crippen MR) is 154 cm³/mol. The van der Waals surface area contributed by atoms with Gasteiger partial charge in [-0.15, -0.1) is 0 Å². The van der Waals surface area contributed by atoms with Crippen molar-refractivity contribution in [3.05, 3.63) is 23.3 Å².